The summed E-state index contributed by atoms with van der Waals surface area (Å²) in [5.74, 6) is 0. The second-order valence-corrected chi connectivity index (χ2v) is 6.62. The fourth-order valence-corrected chi connectivity index (χ4v) is 3.89. The van der Waals surface area contributed by atoms with Crippen LogP contribution < -0.4 is 5.73 Å². The highest BCUT2D eigenvalue weighted by Crippen LogP contribution is 2.23. The molecule has 1 atom stereocenters. The summed E-state index contributed by atoms with van der Waals surface area (Å²) in [4.78, 5) is 0.233. The molecule has 0 aliphatic rings. The summed E-state index contributed by atoms with van der Waals surface area (Å²) in [7, 11) is -1.99. The van der Waals surface area contributed by atoms with Gasteiger partial charge in [-0.1, -0.05) is 19.9 Å². The number of anilines is 1. The van der Waals surface area contributed by atoms with Crippen LogP contribution in [0.4, 0.5) is 5.69 Å². The smallest absolute Gasteiger partial charge is 0.243 e. The molecule has 5 nitrogen and oxygen atoms in total. The van der Waals surface area contributed by atoms with Crippen LogP contribution in [0.25, 0.3) is 0 Å². The van der Waals surface area contributed by atoms with Gasteiger partial charge < -0.3 is 10.5 Å². The molecular weight excluding hydrogens is 276 g/mol. The van der Waals surface area contributed by atoms with Crippen molar-refractivity contribution in [1.82, 2.24) is 4.31 Å². The second kappa shape index (κ2) is 7.06. The molecular formula is C14H24N2O3S. The third-order valence-electron chi connectivity index (χ3n) is 3.32. The van der Waals surface area contributed by atoms with Crippen LogP contribution in [0.3, 0.4) is 0 Å². The molecule has 0 spiro atoms. The molecule has 0 fully saturated rings. The first-order valence-electron chi connectivity index (χ1n) is 6.77. The highest BCUT2D eigenvalue weighted by Gasteiger charge is 2.27. The molecule has 1 aromatic carbocycles. The number of nitrogens with zero attached hydrogens (tertiary/aromatic N) is 1. The van der Waals surface area contributed by atoms with Crippen molar-refractivity contribution in [2.45, 2.75) is 38.1 Å². The summed E-state index contributed by atoms with van der Waals surface area (Å²) < 4.78 is 31.8. The minimum Gasteiger partial charge on any atom is -0.398 e. The normalized spacial score (nSPS) is 13.7. The molecule has 0 amide bonds. The van der Waals surface area contributed by atoms with E-state index >= 15 is 0 Å². The average Bonchev–Trinajstić information content (AvgIpc) is 2.39. The van der Waals surface area contributed by atoms with E-state index in [0.29, 0.717) is 18.8 Å². The molecule has 2 N–H and O–H groups in total. The zero-order valence-corrected chi connectivity index (χ0v) is 13.4. The third kappa shape index (κ3) is 3.50. The number of hydrogen-bond acceptors (Lipinski definition) is 4. The van der Waals surface area contributed by atoms with Gasteiger partial charge in [-0.15, -0.1) is 0 Å². The Bertz CT molecular complexity index is 543. The maximum absolute atomic E-state index is 12.6. The van der Waals surface area contributed by atoms with Gasteiger partial charge in [-0.25, -0.2) is 8.42 Å². The van der Waals surface area contributed by atoms with E-state index < -0.39 is 10.0 Å². The summed E-state index contributed by atoms with van der Waals surface area (Å²) in [6.07, 6.45) is 0.781. The molecule has 1 aromatic rings. The van der Waals surface area contributed by atoms with Crippen molar-refractivity contribution >= 4 is 15.7 Å². The largest absolute Gasteiger partial charge is 0.398 e. The lowest BCUT2D eigenvalue weighted by atomic mass is 10.1. The van der Waals surface area contributed by atoms with E-state index in [9.17, 15) is 8.42 Å². The lowest BCUT2D eigenvalue weighted by molar-refractivity contribution is 0.142. The molecule has 6 heteroatoms. The van der Waals surface area contributed by atoms with Gasteiger partial charge in [-0.05, 0) is 31.0 Å². The van der Waals surface area contributed by atoms with Gasteiger partial charge in [0.05, 0.1) is 11.5 Å². The van der Waals surface area contributed by atoms with Crippen LogP contribution in [0.5, 0.6) is 0 Å². The topological polar surface area (TPSA) is 72.6 Å². The SMILES string of the molecule is CCc1ccc(S(=O)(=O)N(CC)C(C)COC)cc1N. The predicted octanol–water partition coefficient (Wildman–Crippen LogP) is 1.88. The van der Waals surface area contributed by atoms with Crippen LogP contribution in [-0.4, -0.2) is 39.0 Å². The summed E-state index contributed by atoms with van der Waals surface area (Å²) in [5.41, 5.74) is 7.37. The quantitative estimate of drug-likeness (QED) is 0.780. The van der Waals surface area contributed by atoms with Gasteiger partial charge in [0.1, 0.15) is 0 Å². The Kier molecular flexibility index (Phi) is 5.98. The monoisotopic (exact) mass is 300 g/mol. The molecule has 0 saturated carbocycles. The number of benzene rings is 1. The van der Waals surface area contributed by atoms with Crippen molar-refractivity contribution in [1.29, 1.82) is 0 Å². The standard InChI is InChI=1S/C14H24N2O3S/c1-5-12-7-8-13(9-14(12)15)20(17,18)16(6-2)11(3)10-19-4/h7-9,11H,5-6,10,15H2,1-4H3. The Hall–Kier alpha value is -1.11. The van der Waals surface area contributed by atoms with Gasteiger partial charge in [0, 0.05) is 25.4 Å². The van der Waals surface area contributed by atoms with Gasteiger partial charge in [0.25, 0.3) is 0 Å². The summed E-state index contributed by atoms with van der Waals surface area (Å²) in [6, 6.07) is 4.71. The number of rotatable bonds is 7. The van der Waals surface area contributed by atoms with Gasteiger partial charge in [0.2, 0.25) is 10.0 Å². The van der Waals surface area contributed by atoms with Crippen LogP contribution in [0.1, 0.15) is 26.3 Å². The molecule has 0 radical (unpaired) electrons. The minimum atomic E-state index is -3.55. The summed E-state index contributed by atoms with van der Waals surface area (Å²) in [5, 5.41) is 0. The molecule has 0 aliphatic heterocycles. The Morgan fingerprint density at radius 2 is 2.00 bits per heavy atom. The van der Waals surface area contributed by atoms with Crippen LogP contribution in [0.15, 0.2) is 23.1 Å². The average molecular weight is 300 g/mol. The van der Waals surface area contributed by atoms with E-state index in [0.717, 1.165) is 12.0 Å². The first-order chi connectivity index (χ1) is 9.38. The van der Waals surface area contributed by atoms with Crippen molar-refractivity contribution in [3.05, 3.63) is 23.8 Å². The molecule has 0 saturated heterocycles. The molecule has 0 heterocycles. The van der Waals surface area contributed by atoms with Crippen molar-refractivity contribution in [3.8, 4) is 0 Å². The molecule has 0 aliphatic carbocycles. The van der Waals surface area contributed by atoms with Gasteiger partial charge in [-0.3, -0.25) is 0 Å². The molecule has 114 valence electrons. The highest BCUT2D eigenvalue weighted by atomic mass is 32.2. The van der Waals surface area contributed by atoms with Gasteiger partial charge in [-0.2, -0.15) is 4.31 Å². The van der Waals surface area contributed by atoms with Crippen molar-refractivity contribution in [2.75, 3.05) is 26.0 Å². The first-order valence-corrected chi connectivity index (χ1v) is 8.21. The number of methoxy groups -OCH3 is 1. The first kappa shape index (κ1) is 16.9. The molecule has 1 unspecified atom stereocenters. The summed E-state index contributed by atoms with van der Waals surface area (Å²) >= 11 is 0. The van der Waals surface area contributed by atoms with Crippen LogP contribution in [0, 0.1) is 0 Å². The van der Waals surface area contributed by atoms with Crippen LogP contribution in [-0.2, 0) is 21.2 Å². The van der Waals surface area contributed by atoms with Crippen LogP contribution in [0.2, 0.25) is 0 Å². The lowest BCUT2D eigenvalue weighted by Crippen LogP contribution is -2.40. The lowest BCUT2D eigenvalue weighted by Gasteiger charge is -2.26. The third-order valence-corrected chi connectivity index (χ3v) is 5.40. The number of nitrogens with two attached hydrogens (primary N) is 1. The van der Waals surface area contributed by atoms with Crippen molar-refractivity contribution in [2.24, 2.45) is 0 Å². The zero-order valence-electron chi connectivity index (χ0n) is 12.6. The maximum atomic E-state index is 12.6. The Morgan fingerprint density at radius 1 is 1.35 bits per heavy atom. The van der Waals surface area contributed by atoms with Crippen molar-refractivity contribution in [3.63, 3.8) is 0 Å². The van der Waals surface area contributed by atoms with Gasteiger partial charge >= 0.3 is 0 Å². The maximum Gasteiger partial charge on any atom is 0.243 e. The Balaban J connectivity index is 3.17. The number of hydrogen-bond donors (Lipinski definition) is 1. The van der Waals surface area contributed by atoms with E-state index in [4.69, 9.17) is 10.5 Å². The van der Waals surface area contributed by atoms with Gasteiger partial charge in [0.15, 0.2) is 0 Å². The zero-order chi connectivity index (χ0) is 15.3. The second-order valence-electron chi connectivity index (χ2n) is 4.73. The Labute approximate surface area is 121 Å². The fourth-order valence-electron chi connectivity index (χ4n) is 2.23. The highest BCUT2D eigenvalue weighted by molar-refractivity contribution is 7.89. The fraction of sp³-hybridized carbons (Fsp3) is 0.571. The number of sulfonamides is 1. The number of ether oxygens (including phenoxy) is 1. The van der Waals surface area contributed by atoms with Crippen LogP contribution >= 0.6 is 0 Å². The minimum absolute atomic E-state index is 0.220. The molecule has 0 bridgehead atoms. The van der Waals surface area contributed by atoms with E-state index in [1.165, 1.54) is 10.4 Å². The van der Waals surface area contributed by atoms with Crippen molar-refractivity contribution < 1.29 is 13.2 Å². The predicted molar refractivity (Wildman–Crippen MR) is 81.1 cm³/mol. The Morgan fingerprint density at radius 3 is 2.45 bits per heavy atom. The van der Waals surface area contributed by atoms with E-state index in [1.807, 2.05) is 20.8 Å². The molecule has 0 aromatic heterocycles. The van der Waals surface area contributed by atoms with E-state index in [2.05, 4.69) is 0 Å². The number of nitrogen functional groups attached to an aromatic ring is 1. The molecule has 1 rings (SSSR count). The molecule has 20 heavy (non-hydrogen) atoms. The number of aryl methyl sites for hydroxylation is 1. The summed E-state index contributed by atoms with van der Waals surface area (Å²) in [6.45, 7) is 6.37. The van der Waals surface area contributed by atoms with E-state index in [-0.39, 0.29) is 10.9 Å². The number of likely N-dealkylation sites (N-methyl/N-ethyl adjacent to an activating group) is 1. The van der Waals surface area contributed by atoms with E-state index in [1.54, 1.807) is 19.2 Å².